The molecule has 16 heavy (non-hydrogen) atoms. The highest BCUT2D eigenvalue weighted by Crippen LogP contribution is 2.35. The van der Waals surface area contributed by atoms with E-state index in [-0.39, 0.29) is 0 Å². The summed E-state index contributed by atoms with van der Waals surface area (Å²) in [7, 11) is 3.01. The molecule has 0 saturated heterocycles. The van der Waals surface area contributed by atoms with Crippen LogP contribution in [0.3, 0.4) is 0 Å². The smallest absolute Gasteiger partial charge is 0.297 e. The zero-order valence-corrected chi connectivity index (χ0v) is 11.0. The lowest BCUT2D eigenvalue weighted by atomic mass is 10.4. The lowest BCUT2D eigenvalue weighted by Gasteiger charge is -2.24. The van der Waals surface area contributed by atoms with Gasteiger partial charge in [-0.3, -0.25) is 10.1 Å². The molecule has 1 atom stereocenters. The summed E-state index contributed by atoms with van der Waals surface area (Å²) in [6.45, 7) is 1.17. The first kappa shape index (κ1) is 13.4. The van der Waals surface area contributed by atoms with Crippen LogP contribution in [0.2, 0.25) is 0 Å². The summed E-state index contributed by atoms with van der Waals surface area (Å²) in [6, 6.07) is 8.92. The third-order valence-electron chi connectivity index (χ3n) is 2.16. The van der Waals surface area contributed by atoms with E-state index in [2.05, 4.69) is 0 Å². The number of hydrogen-bond acceptors (Lipinski definition) is 2. The highest BCUT2D eigenvalue weighted by atomic mass is 31.2. The fraction of sp³-hybridized carbons (Fsp3) is 0.455. The van der Waals surface area contributed by atoms with Gasteiger partial charge in [0.15, 0.2) is 0 Å². The van der Waals surface area contributed by atoms with Crippen molar-refractivity contribution in [2.24, 2.45) is 5.50 Å². The SMILES string of the molecule is C[N+](C)(C)CCOP(N)(=O)c1ccccc1. The van der Waals surface area contributed by atoms with Crippen LogP contribution in [0.4, 0.5) is 0 Å². The number of rotatable bonds is 5. The van der Waals surface area contributed by atoms with Crippen molar-refractivity contribution < 1.29 is 13.6 Å². The molecule has 0 spiro atoms. The van der Waals surface area contributed by atoms with E-state index in [1.807, 2.05) is 27.2 Å². The normalized spacial score (nSPS) is 15.8. The van der Waals surface area contributed by atoms with E-state index in [4.69, 9.17) is 10.0 Å². The Bertz CT molecular complexity index is 373. The van der Waals surface area contributed by atoms with Gasteiger partial charge in [0.1, 0.15) is 13.2 Å². The van der Waals surface area contributed by atoms with Crippen LogP contribution < -0.4 is 10.8 Å². The number of nitrogens with zero attached hydrogens (tertiary/aromatic N) is 1. The summed E-state index contributed by atoms with van der Waals surface area (Å²) in [5, 5.41) is 0.566. The van der Waals surface area contributed by atoms with Crippen molar-refractivity contribution in [3.8, 4) is 0 Å². The maximum absolute atomic E-state index is 12.0. The Labute approximate surface area is 97.1 Å². The Balaban J connectivity index is 2.57. The first-order valence-corrected chi connectivity index (χ1v) is 6.90. The van der Waals surface area contributed by atoms with E-state index in [0.717, 1.165) is 11.0 Å². The molecule has 0 radical (unpaired) electrons. The van der Waals surface area contributed by atoms with Gasteiger partial charge in [0.2, 0.25) is 0 Å². The summed E-state index contributed by atoms with van der Waals surface area (Å²) in [5.74, 6) is 0. The van der Waals surface area contributed by atoms with Gasteiger partial charge in [0, 0.05) is 0 Å². The predicted molar refractivity (Wildman–Crippen MR) is 66.7 cm³/mol. The average Bonchev–Trinajstić information content (AvgIpc) is 2.17. The molecule has 0 bridgehead atoms. The molecule has 0 aliphatic heterocycles. The molecule has 0 fully saturated rings. The van der Waals surface area contributed by atoms with Crippen molar-refractivity contribution in [3.05, 3.63) is 30.3 Å². The molecule has 5 heteroatoms. The number of likely N-dealkylation sites (N-methyl/N-ethyl adjacent to an activating group) is 1. The maximum Gasteiger partial charge on any atom is 0.297 e. The standard InChI is InChI=1S/C11H20N2O2P/c1-13(2,3)9-10-15-16(12,14)11-7-5-4-6-8-11/h4-8H,9-10H2,1-3H3,(H2,12,14)/q+1. The summed E-state index contributed by atoms with van der Waals surface area (Å²) in [5.41, 5.74) is 5.69. The summed E-state index contributed by atoms with van der Waals surface area (Å²) in [6.07, 6.45) is 0. The minimum absolute atomic E-state index is 0.395. The monoisotopic (exact) mass is 243 g/mol. The Morgan fingerprint density at radius 1 is 1.25 bits per heavy atom. The van der Waals surface area contributed by atoms with Gasteiger partial charge in [-0.15, -0.1) is 0 Å². The molecule has 0 aliphatic carbocycles. The molecule has 90 valence electrons. The quantitative estimate of drug-likeness (QED) is 0.624. The lowest BCUT2D eigenvalue weighted by molar-refractivity contribution is -0.870. The zero-order chi connectivity index (χ0) is 12.2. The van der Waals surface area contributed by atoms with Gasteiger partial charge in [-0.05, 0) is 12.1 Å². The molecule has 1 aromatic carbocycles. The second-order valence-corrected chi connectivity index (χ2v) is 6.75. The molecule has 0 aliphatic rings. The number of benzene rings is 1. The minimum atomic E-state index is -3.14. The molecule has 4 nitrogen and oxygen atoms in total. The van der Waals surface area contributed by atoms with Crippen molar-refractivity contribution in [2.75, 3.05) is 34.3 Å². The van der Waals surface area contributed by atoms with Crippen molar-refractivity contribution in [1.82, 2.24) is 0 Å². The number of hydrogen-bond donors (Lipinski definition) is 1. The van der Waals surface area contributed by atoms with E-state index in [1.54, 1.807) is 24.3 Å². The Morgan fingerprint density at radius 2 is 1.81 bits per heavy atom. The minimum Gasteiger partial charge on any atom is -0.329 e. The fourth-order valence-corrected chi connectivity index (χ4v) is 2.25. The zero-order valence-electron chi connectivity index (χ0n) is 10.1. The van der Waals surface area contributed by atoms with Crippen LogP contribution >= 0.6 is 7.52 Å². The predicted octanol–water partition coefficient (Wildman–Crippen LogP) is 1.19. The van der Waals surface area contributed by atoms with E-state index in [0.29, 0.717) is 11.9 Å². The molecule has 0 saturated carbocycles. The summed E-state index contributed by atoms with van der Waals surface area (Å²) >= 11 is 0. The van der Waals surface area contributed by atoms with E-state index in [9.17, 15) is 4.57 Å². The molecule has 1 unspecified atom stereocenters. The van der Waals surface area contributed by atoms with E-state index in [1.165, 1.54) is 0 Å². The van der Waals surface area contributed by atoms with Gasteiger partial charge >= 0.3 is 0 Å². The highest BCUT2D eigenvalue weighted by Gasteiger charge is 2.20. The number of quaternary nitrogens is 1. The molecular formula is C11H20N2O2P+. The molecule has 0 aromatic heterocycles. The lowest BCUT2D eigenvalue weighted by Crippen LogP contribution is -2.37. The molecule has 0 heterocycles. The van der Waals surface area contributed by atoms with Crippen molar-refractivity contribution in [1.29, 1.82) is 0 Å². The summed E-state index contributed by atoms with van der Waals surface area (Å²) in [4.78, 5) is 0. The Kier molecular flexibility index (Phi) is 4.28. The van der Waals surface area contributed by atoms with Crippen molar-refractivity contribution >= 4 is 12.8 Å². The average molecular weight is 243 g/mol. The topological polar surface area (TPSA) is 52.3 Å². The second kappa shape index (κ2) is 5.11. The van der Waals surface area contributed by atoms with Gasteiger partial charge < -0.3 is 9.01 Å². The third kappa shape index (κ3) is 4.45. The molecule has 2 N–H and O–H groups in total. The van der Waals surface area contributed by atoms with Gasteiger partial charge in [-0.2, -0.15) is 0 Å². The Morgan fingerprint density at radius 3 is 2.31 bits per heavy atom. The molecule has 0 amide bonds. The van der Waals surface area contributed by atoms with Gasteiger partial charge in [-0.25, -0.2) is 0 Å². The van der Waals surface area contributed by atoms with Crippen molar-refractivity contribution in [2.45, 2.75) is 0 Å². The van der Waals surface area contributed by atoms with Crippen LogP contribution in [0, 0.1) is 0 Å². The van der Waals surface area contributed by atoms with Crippen LogP contribution in [0.1, 0.15) is 0 Å². The second-order valence-electron chi connectivity index (χ2n) is 4.78. The molecular weight excluding hydrogens is 223 g/mol. The van der Waals surface area contributed by atoms with E-state index < -0.39 is 7.52 Å². The van der Waals surface area contributed by atoms with Crippen LogP contribution in [0.5, 0.6) is 0 Å². The van der Waals surface area contributed by atoms with Crippen LogP contribution in [-0.2, 0) is 9.09 Å². The largest absolute Gasteiger partial charge is 0.329 e. The highest BCUT2D eigenvalue weighted by molar-refractivity contribution is 7.64. The number of nitrogens with two attached hydrogens (primary N) is 1. The van der Waals surface area contributed by atoms with Crippen molar-refractivity contribution in [3.63, 3.8) is 0 Å². The van der Waals surface area contributed by atoms with E-state index >= 15 is 0 Å². The first-order chi connectivity index (χ1) is 7.31. The molecule has 1 rings (SSSR count). The third-order valence-corrected chi connectivity index (χ3v) is 3.75. The first-order valence-electron chi connectivity index (χ1n) is 5.20. The van der Waals surface area contributed by atoms with Crippen LogP contribution in [-0.4, -0.2) is 38.8 Å². The maximum atomic E-state index is 12.0. The summed E-state index contributed by atoms with van der Waals surface area (Å²) < 4.78 is 18.1. The fourth-order valence-electron chi connectivity index (χ4n) is 1.16. The van der Waals surface area contributed by atoms with Gasteiger partial charge in [-0.1, -0.05) is 18.2 Å². The van der Waals surface area contributed by atoms with Gasteiger partial charge in [0.05, 0.1) is 26.4 Å². The van der Waals surface area contributed by atoms with Gasteiger partial charge in [0.25, 0.3) is 7.52 Å². The van der Waals surface area contributed by atoms with Crippen LogP contribution in [0.15, 0.2) is 30.3 Å². The Hall–Kier alpha value is -0.670. The molecule has 1 aromatic rings. The van der Waals surface area contributed by atoms with Crippen LogP contribution in [0.25, 0.3) is 0 Å².